The standard InChI is InChI=1S/C16H16N4O.C2HF3O2/c1-20(12-9-17-10-12)16-18-7-6-13(19-16)15-8-11-4-2-3-5-14(11)21-15;3-2(4,5)1(6)7/h2-8,12,17H,9-10H2,1H3;(H,6,7). The molecule has 3 heterocycles. The molecule has 0 saturated carbocycles. The van der Waals surface area contributed by atoms with Gasteiger partial charge in [0.2, 0.25) is 5.95 Å². The Labute approximate surface area is 157 Å². The van der Waals surface area contributed by atoms with Crippen molar-refractivity contribution in [2.24, 2.45) is 0 Å². The molecule has 0 amide bonds. The largest absolute Gasteiger partial charge is 0.490 e. The second kappa shape index (κ2) is 7.85. The minimum absolute atomic E-state index is 0.468. The van der Waals surface area contributed by atoms with Gasteiger partial charge >= 0.3 is 12.1 Å². The number of benzene rings is 1. The summed E-state index contributed by atoms with van der Waals surface area (Å²) >= 11 is 0. The number of furan rings is 1. The number of alkyl halides is 3. The number of nitrogens with one attached hydrogen (secondary N) is 1. The molecule has 2 N–H and O–H groups in total. The minimum atomic E-state index is -5.08. The highest BCUT2D eigenvalue weighted by Gasteiger charge is 2.38. The van der Waals surface area contributed by atoms with Crippen LogP contribution in [-0.2, 0) is 4.79 Å². The first-order chi connectivity index (χ1) is 13.3. The average molecular weight is 394 g/mol. The van der Waals surface area contributed by atoms with Crippen molar-refractivity contribution in [3.05, 3.63) is 42.6 Å². The Kier molecular flexibility index (Phi) is 5.50. The van der Waals surface area contributed by atoms with Crippen molar-refractivity contribution in [1.29, 1.82) is 0 Å². The monoisotopic (exact) mass is 394 g/mol. The summed E-state index contributed by atoms with van der Waals surface area (Å²) in [4.78, 5) is 20.0. The van der Waals surface area contributed by atoms with Gasteiger partial charge in [0.1, 0.15) is 11.3 Å². The number of nitrogens with zero attached hydrogens (tertiary/aromatic N) is 3. The highest BCUT2D eigenvalue weighted by atomic mass is 19.4. The van der Waals surface area contributed by atoms with Gasteiger partial charge in [0.05, 0.1) is 6.04 Å². The van der Waals surface area contributed by atoms with E-state index < -0.39 is 12.1 Å². The van der Waals surface area contributed by atoms with Gasteiger partial charge < -0.3 is 19.7 Å². The first-order valence-corrected chi connectivity index (χ1v) is 8.31. The second-order valence-electron chi connectivity index (χ2n) is 6.12. The zero-order valence-corrected chi connectivity index (χ0v) is 14.8. The summed E-state index contributed by atoms with van der Waals surface area (Å²) in [6, 6.07) is 12.4. The molecule has 7 nitrogen and oxygen atoms in total. The van der Waals surface area contributed by atoms with E-state index in [1.807, 2.05) is 43.4 Å². The Balaban J connectivity index is 0.000000279. The number of para-hydroxylation sites is 1. The van der Waals surface area contributed by atoms with Gasteiger partial charge in [-0.25, -0.2) is 14.8 Å². The normalized spacial score (nSPS) is 14.1. The molecule has 0 spiro atoms. The van der Waals surface area contributed by atoms with Crippen molar-refractivity contribution in [2.75, 3.05) is 25.0 Å². The van der Waals surface area contributed by atoms with Gasteiger partial charge in [-0.3, -0.25) is 0 Å². The van der Waals surface area contributed by atoms with Crippen LogP contribution in [-0.4, -0.2) is 53.4 Å². The number of likely N-dealkylation sites (N-methyl/N-ethyl adjacent to an activating group) is 1. The lowest BCUT2D eigenvalue weighted by Gasteiger charge is -2.35. The molecule has 2 aromatic heterocycles. The molecule has 1 saturated heterocycles. The van der Waals surface area contributed by atoms with Crippen LogP contribution in [0.2, 0.25) is 0 Å². The van der Waals surface area contributed by atoms with Crippen molar-refractivity contribution < 1.29 is 27.5 Å². The third-order valence-corrected chi connectivity index (χ3v) is 4.19. The van der Waals surface area contributed by atoms with Crippen LogP contribution in [0, 0.1) is 0 Å². The van der Waals surface area contributed by atoms with Crippen LogP contribution in [0.15, 0.2) is 47.0 Å². The maximum Gasteiger partial charge on any atom is 0.490 e. The predicted octanol–water partition coefficient (Wildman–Crippen LogP) is 2.93. The van der Waals surface area contributed by atoms with Crippen molar-refractivity contribution in [1.82, 2.24) is 15.3 Å². The van der Waals surface area contributed by atoms with E-state index in [0.717, 1.165) is 41.5 Å². The van der Waals surface area contributed by atoms with E-state index in [0.29, 0.717) is 6.04 Å². The Morgan fingerprint density at radius 3 is 2.54 bits per heavy atom. The summed E-state index contributed by atoms with van der Waals surface area (Å²) < 4.78 is 37.6. The summed E-state index contributed by atoms with van der Waals surface area (Å²) in [5.41, 5.74) is 1.69. The van der Waals surface area contributed by atoms with Crippen molar-refractivity contribution in [3.8, 4) is 11.5 Å². The van der Waals surface area contributed by atoms with E-state index in [2.05, 4.69) is 20.2 Å². The number of carbonyl (C=O) groups is 1. The molecule has 0 radical (unpaired) electrons. The minimum Gasteiger partial charge on any atom is -0.475 e. The maximum absolute atomic E-state index is 10.6. The van der Waals surface area contributed by atoms with Gasteiger partial charge in [0.25, 0.3) is 0 Å². The van der Waals surface area contributed by atoms with Gasteiger partial charge in [0, 0.05) is 31.7 Å². The number of carboxylic acids is 1. The van der Waals surface area contributed by atoms with E-state index in [-0.39, 0.29) is 0 Å². The third kappa shape index (κ3) is 4.39. The van der Waals surface area contributed by atoms with E-state index in [1.165, 1.54) is 0 Å². The molecule has 1 aromatic carbocycles. The SMILES string of the molecule is CN(c1nccc(-c2cc3ccccc3o2)n1)C1CNC1.O=C(O)C(F)(F)F. The number of rotatable bonds is 3. The Hall–Kier alpha value is -3.14. The molecular formula is C18H17F3N4O3. The molecule has 4 rings (SSSR count). The topological polar surface area (TPSA) is 91.5 Å². The molecule has 1 aliphatic heterocycles. The second-order valence-corrected chi connectivity index (χ2v) is 6.12. The number of fused-ring (bicyclic) bond motifs is 1. The van der Waals surface area contributed by atoms with Crippen LogP contribution in [0.3, 0.4) is 0 Å². The molecule has 1 aliphatic rings. The Bertz CT molecular complexity index is 937. The van der Waals surface area contributed by atoms with E-state index >= 15 is 0 Å². The summed E-state index contributed by atoms with van der Waals surface area (Å²) in [6.07, 6.45) is -3.30. The average Bonchev–Trinajstić information content (AvgIpc) is 3.04. The number of hydrogen-bond acceptors (Lipinski definition) is 6. The maximum atomic E-state index is 10.6. The smallest absolute Gasteiger partial charge is 0.475 e. The van der Waals surface area contributed by atoms with Gasteiger partial charge in [-0.05, 0) is 18.2 Å². The number of hydrogen-bond donors (Lipinski definition) is 2. The fourth-order valence-corrected chi connectivity index (χ4v) is 2.47. The van der Waals surface area contributed by atoms with Crippen molar-refractivity contribution in [2.45, 2.75) is 12.2 Å². The van der Waals surface area contributed by atoms with Crippen molar-refractivity contribution in [3.63, 3.8) is 0 Å². The molecule has 148 valence electrons. The summed E-state index contributed by atoms with van der Waals surface area (Å²) in [5, 5.41) is 11.5. The number of halogens is 3. The molecule has 0 aliphatic carbocycles. The molecule has 0 atom stereocenters. The molecule has 0 bridgehead atoms. The van der Waals surface area contributed by atoms with Crippen molar-refractivity contribution >= 4 is 22.9 Å². The summed E-state index contributed by atoms with van der Waals surface area (Å²) in [5.74, 6) is -1.24. The molecular weight excluding hydrogens is 377 g/mol. The molecule has 3 aromatic rings. The van der Waals surface area contributed by atoms with Crippen LogP contribution in [0.25, 0.3) is 22.4 Å². The number of anilines is 1. The third-order valence-electron chi connectivity index (χ3n) is 4.19. The lowest BCUT2D eigenvalue weighted by Crippen LogP contribution is -2.56. The molecule has 0 unspecified atom stereocenters. The molecule has 1 fully saturated rings. The van der Waals surface area contributed by atoms with Crippen LogP contribution in [0.5, 0.6) is 0 Å². The van der Waals surface area contributed by atoms with Gasteiger partial charge in [0.15, 0.2) is 5.76 Å². The van der Waals surface area contributed by atoms with E-state index in [4.69, 9.17) is 14.3 Å². The lowest BCUT2D eigenvalue weighted by molar-refractivity contribution is -0.192. The van der Waals surface area contributed by atoms with Gasteiger partial charge in [-0.15, -0.1) is 0 Å². The fourth-order valence-electron chi connectivity index (χ4n) is 2.47. The summed E-state index contributed by atoms with van der Waals surface area (Å²) in [6.45, 7) is 1.96. The zero-order valence-electron chi connectivity index (χ0n) is 14.8. The first-order valence-electron chi connectivity index (χ1n) is 8.31. The number of carboxylic acid groups (broad SMARTS) is 1. The lowest BCUT2D eigenvalue weighted by atomic mass is 10.1. The number of aliphatic carboxylic acids is 1. The Morgan fingerprint density at radius 1 is 1.29 bits per heavy atom. The van der Waals surface area contributed by atoms with Crippen LogP contribution >= 0.6 is 0 Å². The number of aromatic nitrogens is 2. The molecule has 10 heteroatoms. The van der Waals surface area contributed by atoms with Gasteiger partial charge in [-0.2, -0.15) is 13.2 Å². The molecule has 28 heavy (non-hydrogen) atoms. The zero-order chi connectivity index (χ0) is 20.3. The van der Waals surface area contributed by atoms with Crippen LogP contribution < -0.4 is 10.2 Å². The van der Waals surface area contributed by atoms with E-state index in [9.17, 15) is 13.2 Å². The quantitative estimate of drug-likeness (QED) is 0.706. The van der Waals surface area contributed by atoms with Crippen LogP contribution in [0.4, 0.5) is 19.1 Å². The fraction of sp³-hybridized carbons (Fsp3) is 0.278. The van der Waals surface area contributed by atoms with E-state index in [1.54, 1.807) is 6.20 Å². The highest BCUT2D eigenvalue weighted by molar-refractivity contribution is 5.82. The predicted molar refractivity (Wildman–Crippen MR) is 96.0 cm³/mol. The summed E-state index contributed by atoms with van der Waals surface area (Å²) in [7, 11) is 2.03. The Morgan fingerprint density at radius 2 is 1.96 bits per heavy atom. The van der Waals surface area contributed by atoms with Crippen LogP contribution in [0.1, 0.15) is 0 Å². The van der Waals surface area contributed by atoms with Gasteiger partial charge in [-0.1, -0.05) is 18.2 Å². The first kappa shape index (κ1) is 19.6. The highest BCUT2D eigenvalue weighted by Crippen LogP contribution is 2.27.